The minimum absolute atomic E-state index is 0.0736. The van der Waals surface area contributed by atoms with Gasteiger partial charge in [-0.05, 0) is 43.5 Å². The van der Waals surface area contributed by atoms with E-state index in [2.05, 4.69) is 15.1 Å². The van der Waals surface area contributed by atoms with Crippen molar-refractivity contribution >= 4 is 29.1 Å². The molecule has 1 fully saturated rings. The van der Waals surface area contributed by atoms with Crippen LogP contribution in [0.15, 0.2) is 49.1 Å². The van der Waals surface area contributed by atoms with E-state index in [1.807, 2.05) is 13.0 Å². The summed E-state index contributed by atoms with van der Waals surface area (Å²) in [6.45, 7) is 2.96. The van der Waals surface area contributed by atoms with Crippen molar-refractivity contribution in [1.82, 2.24) is 24.6 Å². The van der Waals surface area contributed by atoms with Gasteiger partial charge in [0.2, 0.25) is 11.8 Å². The van der Waals surface area contributed by atoms with E-state index in [4.69, 9.17) is 11.6 Å². The fraction of sp³-hybridized carbons (Fsp3) is 0.375. The fourth-order valence-electron chi connectivity index (χ4n) is 4.11. The molecular formula is C24H24ClF3N6O2. The summed E-state index contributed by atoms with van der Waals surface area (Å²) in [4.78, 5) is 36.0. The maximum absolute atomic E-state index is 12.9. The Morgan fingerprint density at radius 3 is 2.67 bits per heavy atom. The molecule has 1 saturated heterocycles. The maximum atomic E-state index is 12.9. The molecule has 0 bridgehead atoms. The minimum atomic E-state index is -4.49. The van der Waals surface area contributed by atoms with Gasteiger partial charge in [-0.15, -0.1) is 0 Å². The third-order valence-electron chi connectivity index (χ3n) is 6.00. The van der Waals surface area contributed by atoms with E-state index in [0.717, 1.165) is 12.3 Å². The van der Waals surface area contributed by atoms with Crippen molar-refractivity contribution in [3.63, 3.8) is 0 Å². The molecule has 190 valence electrons. The number of amides is 2. The number of β-lactam (4-membered cyclic amide) rings is 1. The zero-order valence-corrected chi connectivity index (χ0v) is 20.2. The molecule has 1 atom stereocenters. The summed E-state index contributed by atoms with van der Waals surface area (Å²) in [5.74, 6) is -0.396. The van der Waals surface area contributed by atoms with Crippen LogP contribution in [-0.4, -0.2) is 49.6 Å². The van der Waals surface area contributed by atoms with Crippen LogP contribution in [-0.2, 0) is 22.3 Å². The highest BCUT2D eigenvalue weighted by molar-refractivity contribution is 6.32. The molecule has 0 aromatic carbocycles. The lowest BCUT2D eigenvalue weighted by Crippen LogP contribution is -2.51. The van der Waals surface area contributed by atoms with E-state index < -0.39 is 11.9 Å². The van der Waals surface area contributed by atoms with Gasteiger partial charge in [0.05, 0.1) is 24.0 Å². The molecule has 36 heavy (non-hydrogen) atoms. The quantitative estimate of drug-likeness (QED) is 0.387. The number of anilines is 1. The first-order valence-corrected chi connectivity index (χ1v) is 11.8. The van der Waals surface area contributed by atoms with E-state index >= 15 is 0 Å². The van der Waals surface area contributed by atoms with Crippen LogP contribution in [0.5, 0.6) is 0 Å². The summed E-state index contributed by atoms with van der Waals surface area (Å²) in [6, 6.07) is 5.84. The average Bonchev–Trinajstić information content (AvgIpc) is 3.24. The molecule has 4 rings (SSSR count). The first-order chi connectivity index (χ1) is 17.2. The van der Waals surface area contributed by atoms with Gasteiger partial charge in [0.1, 0.15) is 11.4 Å². The van der Waals surface area contributed by atoms with E-state index in [1.54, 1.807) is 39.1 Å². The Morgan fingerprint density at radius 1 is 1.25 bits per heavy atom. The standard InChI is InChI=1S/C24H24ClF3N6O2/c1-2-33(19-15-34(31-22(19)25)18-6-4-10-29-12-18)21(35)7-3-5-17-14-32(23(17)36)13-16-8-9-20(30-11-16)24(26,27)28/h4,6,8-12,15,17H,2-3,5,7,13-14H2,1H3. The molecule has 1 aliphatic rings. The molecule has 0 spiro atoms. The third-order valence-corrected chi connectivity index (χ3v) is 6.27. The highest BCUT2D eigenvalue weighted by atomic mass is 35.5. The molecule has 0 aliphatic carbocycles. The normalized spacial score (nSPS) is 15.6. The third kappa shape index (κ3) is 5.67. The molecule has 3 aromatic heterocycles. The SMILES string of the molecule is CCN(C(=O)CCCC1CN(Cc2ccc(C(F)(F)F)nc2)C1=O)c1cn(-c2cccnc2)nc1Cl. The number of likely N-dealkylation sites (tertiary alicyclic amines) is 1. The molecule has 3 aromatic rings. The summed E-state index contributed by atoms with van der Waals surface area (Å²) >= 11 is 6.30. The van der Waals surface area contributed by atoms with Crippen LogP contribution >= 0.6 is 11.6 Å². The number of hydrogen-bond donors (Lipinski definition) is 0. The largest absolute Gasteiger partial charge is 0.433 e. The minimum Gasteiger partial charge on any atom is -0.337 e. The Morgan fingerprint density at radius 2 is 2.06 bits per heavy atom. The molecule has 4 heterocycles. The molecule has 8 nitrogen and oxygen atoms in total. The first kappa shape index (κ1) is 25.6. The highest BCUT2D eigenvalue weighted by Gasteiger charge is 2.36. The number of rotatable bonds is 9. The Kier molecular flexibility index (Phi) is 7.58. The fourth-order valence-corrected chi connectivity index (χ4v) is 4.34. The molecule has 12 heteroatoms. The van der Waals surface area contributed by atoms with Crippen molar-refractivity contribution in [2.45, 2.75) is 38.9 Å². The zero-order chi connectivity index (χ0) is 25.9. The predicted octanol–water partition coefficient (Wildman–Crippen LogP) is 4.52. The van der Waals surface area contributed by atoms with Crippen LogP contribution in [0.2, 0.25) is 5.15 Å². The maximum Gasteiger partial charge on any atom is 0.433 e. The number of alkyl halides is 3. The highest BCUT2D eigenvalue weighted by Crippen LogP contribution is 2.30. The number of pyridine rings is 2. The zero-order valence-electron chi connectivity index (χ0n) is 19.5. The Hall–Kier alpha value is -3.47. The van der Waals surface area contributed by atoms with E-state index in [9.17, 15) is 22.8 Å². The lowest BCUT2D eigenvalue weighted by Gasteiger charge is -2.38. The number of carbonyl (C=O) groups is 2. The second-order valence-electron chi connectivity index (χ2n) is 8.46. The molecule has 0 saturated carbocycles. The summed E-state index contributed by atoms with van der Waals surface area (Å²) in [7, 11) is 0. The molecule has 1 aliphatic heterocycles. The van der Waals surface area contributed by atoms with Gasteiger partial charge in [-0.2, -0.15) is 18.3 Å². The Bertz CT molecular complexity index is 1220. The van der Waals surface area contributed by atoms with Gasteiger partial charge in [-0.1, -0.05) is 17.7 Å². The Labute approximate surface area is 210 Å². The number of halogens is 4. The smallest absolute Gasteiger partial charge is 0.337 e. The van der Waals surface area contributed by atoms with Crippen molar-refractivity contribution < 1.29 is 22.8 Å². The van der Waals surface area contributed by atoms with Gasteiger partial charge < -0.3 is 9.80 Å². The number of nitrogens with zero attached hydrogens (tertiary/aromatic N) is 6. The lowest BCUT2D eigenvalue weighted by atomic mass is 9.92. The monoisotopic (exact) mass is 520 g/mol. The topological polar surface area (TPSA) is 84.2 Å². The number of aromatic nitrogens is 4. The molecular weight excluding hydrogens is 497 g/mol. The van der Waals surface area contributed by atoms with Gasteiger partial charge in [-0.25, -0.2) is 4.68 Å². The summed E-state index contributed by atoms with van der Waals surface area (Å²) in [6.07, 6.45) is 2.93. The first-order valence-electron chi connectivity index (χ1n) is 11.4. The van der Waals surface area contributed by atoms with Gasteiger partial charge in [0.15, 0.2) is 5.15 Å². The van der Waals surface area contributed by atoms with Crippen molar-refractivity contribution in [2.75, 3.05) is 18.0 Å². The average molecular weight is 521 g/mol. The van der Waals surface area contributed by atoms with Crippen LogP contribution in [0.4, 0.5) is 18.9 Å². The molecule has 2 amide bonds. The second-order valence-corrected chi connectivity index (χ2v) is 8.81. The van der Waals surface area contributed by atoms with Crippen LogP contribution in [0.1, 0.15) is 37.4 Å². The van der Waals surface area contributed by atoms with Crippen LogP contribution < -0.4 is 4.90 Å². The van der Waals surface area contributed by atoms with Crippen molar-refractivity contribution in [2.24, 2.45) is 5.92 Å². The predicted molar refractivity (Wildman–Crippen MR) is 126 cm³/mol. The summed E-state index contributed by atoms with van der Waals surface area (Å²) in [5, 5.41) is 4.48. The van der Waals surface area contributed by atoms with E-state index in [0.29, 0.717) is 42.9 Å². The number of hydrogen-bond acceptors (Lipinski definition) is 5. The van der Waals surface area contributed by atoms with Crippen LogP contribution in [0.25, 0.3) is 5.69 Å². The van der Waals surface area contributed by atoms with Crippen molar-refractivity contribution in [3.8, 4) is 5.69 Å². The van der Waals surface area contributed by atoms with Crippen molar-refractivity contribution in [3.05, 3.63) is 65.5 Å². The van der Waals surface area contributed by atoms with Gasteiger partial charge in [0.25, 0.3) is 0 Å². The van der Waals surface area contributed by atoms with Crippen LogP contribution in [0.3, 0.4) is 0 Å². The van der Waals surface area contributed by atoms with Gasteiger partial charge in [0, 0.05) is 38.4 Å². The Balaban J connectivity index is 1.26. The van der Waals surface area contributed by atoms with E-state index in [-0.39, 0.29) is 35.9 Å². The van der Waals surface area contributed by atoms with Crippen LogP contribution in [0, 0.1) is 5.92 Å². The van der Waals surface area contributed by atoms with E-state index in [1.165, 1.54) is 6.07 Å². The summed E-state index contributed by atoms with van der Waals surface area (Å²) < 4.78 is 39.5. The summed E-state index contributed by atoms with van der Waals surface area (Å²) in [5.41, 5.74) is 0.793. The molecule has 0 N–H and O–H groups in total. The van der Waals surface area contributed by atoms with Crippen molar-refractivity contribution in [1.29, 1.82) is 0 Å². The molecule has 1 unspecified atom stereocenters. The molecule has 0 radical (unpaired) electrons. The van der Waals surface area contributed by atoms with Gasteiger partial charge >= 0.3 is 6.18 Å². The second kappa shape index (κ2) is 10.7. The van der Waals surface area contributed by atoms with Gasteiger partial charge in [-0.3, -0.25) is 19.6 Å². The lowest BCUT2D eigenvalue weighted by molar-refractivity contribution is -0.149. The number of carbonyl (C=O) groups excluding carboxylic acids is 2.